The van der Waals surface area contributed by atoms with E-state index in [9.17, 15) is 97.2 Å². The van der Waals surface area contributed by atoms with Crippen molar-refractivity contribution in [1.29, 1.82) is 0 Å². The highest BCUT2D eigenvalue weighted by atomic mass is 32.2. The molecule has 818 valence electrons. The Hall–Kier alpha value is -8.56. The number of rotatable bonds is 36. The van der Waals surface area contributed by atoms with Gasteiger partial charge in [0.25, 0.3) is 38.1 Å². The minimum atomic E-state index is -3.66. The van der Waals surface area contributed by atoms with Crippen LogP contribution < -0.4 is 64.6 Å². The molecule has 0 aromatic heterocycles. The molecule has 0 bridgehead atoms. The van der Waals surface area contributed by atoms with Crippen molar-refractivity contribution >= 4 is 119 Å². The highest BCUT2D eigenvalue weighted by molar-refractivity contribution is 7.89. The molecule has 7 aliphatic carbocycles. The van der Waals surface area contributed by atoms with Crippen LogP contribution in [-0.2, 0) is 88.0 Å². The zero-order chi connectivity index (χ0) is 108. The monoisotopic (exact) mass is 2100 g/mol. The number of amides is 15. The molecule has 6 heterocycles. The Morgan fingerprint density at radius 2 is 0.703 bits per heavy atom. The summed E-state index contributed by atoms with van der Waals surface area (Å²) < 4.78 is 83.9. The Balaban J connectivity index is 0.000000207. The van der Waals surface area contributed by atoms with Crippen molar-refractivity contribution in [1.82, 2.24) is 89.4 Å². The van der Waals surface area contributed by atoms with E-state index in [1.807, 2.05) is 132 Å². The third-order valence-electron chi connectivity index (χ3n) is 33.7. The maximum absolute atomic E-state index is 14.6. The predicted octanol–water partition coefficient (Wildman–Crippen LogP) is 4.35. The van der Waals surface area contributed by atoms with Gasteiger partial charge in [0.05, 0.1) is 23.9 Å². The number of nitrogens with zero attached hydrogens (tertiary/aromatic N) is 8. The number of piperidine rings is 3. The first-order valence-electron chi connectivity index (χ1n) is 52.4. The number of sulfonamides is 1. The fourth-order valence-electron chi connectivity index (χ4n) is 23.0. The Morgan fingerprint density at radius 3 is 1.01 bits per heavy atom. The van der Waals surface area contributed by atoms with E-state index in [0.29, 0.717) is 90.9 Å². The molecule has 0 radical (unpaired) electrons. The number of fused-ring (bicyclic) bond motifs is 3. The number of primary amides is 2. The molecular weight excluding hydrogens is 1930 g/mol. The van der Waals surface area contributed by atoms with Gasteiger partial charge in [0, 0.05) is 111 Å². The molecule has 18 atom stereocenters. The molecule has 13 rings (SSSR count). The number of hydrogen-bond acceptors (Lipinski definition) is 21. The summed E-state index contributed by atoms with van der Waals surface area (Å²) in [5, 5.41) is 28.5. The molecule has 13 aliphatic rings. The zero-order valence-corrected chi connectivity index (χ0v) is 92.4. The third-order valence-corrected chi connectivity index (χ3v) is 39.5. The number of hydrogen-bond donors (Lipinski definition) is 12. The summed E-state index contributed by atoms with van der Waals surface area (Å²) in [6.45, 7) is 47.5. The van der Waals surface area contributed by atoms with E-state index in [-0.39, 0.29) is 113 Å². The zero-order valence-electron chi connectivity index (χ0n) is 89.9. The quantitative estimate of drug-likeness (QED) is 0.0306. The van der Waals surface area contributed by atoms with Crippen LogP contribution in [0, 0.1) is 102 Å². The highest BCUT2D eigenvalue weighted by Crippen LogP contribution is 2.67. The van der Waals surface area contributed by atoms with E-state index < -0.39 is 213 Å². The van der Waals surface area contributed by atoms with E-state index in [4.69, 9.17) is 11.5 Å². The maximum atomic E-state index is 14.6. The molecule has 15 amide bonds. The summed E-state index contributed by atoms with van der Waals surface area (Å²) in [5.41, 5.74) is 7.01. The van der Waals surface area contributed by atoms with Crippen LogP contribution in [0.1, 0.15) is 261 Å². The lowest BCUT2D eigenvalue weighted by Crippen LogP contribution is -2.63. The van der Waals surface area contributed by atoms with E-state index in [1.54, 1.807) is 4.90 Å². The second-order valence-corrected chi connectivity index (χ2v) is 56.9. The van der Waals surface area contributed by atoms with Crippen LogP contribution in [0.3, 0.4) is 0 Å². The van der Waals surface area contributed by atoms with Gasteiger partial charge in [-0.2, -0.15) is 38.4 Å². The second kappa shape index (κ2) is 44.5. The molecule has 0 aromatic carbocycles. The molecule has 14 N–H and O–H groups in total. The first-order chi connectivity index (χ1) is 66.9. The van der Waals surface area contributed by atoms with Gasteiger partial charge < -0.3 is 79.3 Å². The molecule has 0 spiro atoms. The maximum Gasteiger partial charge on any atom is 0.315 e. The van der Waals surface area contributed by atoms with Gasteiger partial charge in [0.1, 0.15) is 36.3 Å². The van der Waals surface area contributed by atoms with Gasteiger partial charge >= 0.3 is 18.1 Å². The minimum absolute atomic E-state index is 0.0541. The summed E-state index contributed by atoms with van der Waals surface area (Å²) in [5.74, 6) is -7.58. The Kier molecular flexibility index (Phi) is 35.8. The first-order valence-corrected chi connectivity index (χ1v) is 56.9. The van der Waals surface area contributed by atoms with Gasteiger partial charge in [0.2, 0.25) is 62.8 Å². The van der Waals surface area contributed by atoms with Crippen LogP contribution in [0.5, 0.6) is 0 Å². The number of ketones is 3. The topological polar surface area (TPSA) is 557 Å². The van der Waals surface area contributed by atoms with Crippen LogP contribution in [-0.4, -0.2) is 321 Å². The molecule has 7 saturated carbocycles. The van der Waals surface area contributed by atoms with Gasteiger partial charge in [-0.3, -0.25) is 57.5 Å². The predicted molar refractivity (Wildman–Crippen MR) is 545 cm³/mol. The van der Waals surface area contributed by atoms with Crippen molar-refractivity contribution < 1.29 is 97.2 Å². The second-order valence-electron chi connectivity index (χ2n) is 50.8. The van der Waals surface area contributed by atoms with Crippen LogP contribution >= 0.6 is 0 Å². The molecule has 6 aliphatic heterocycles. The van der Waals surface area contributed by atoms with Crippen LogP contribution in [0.15, 0.2) is 12.7 Å². The van der Waals surface area contributed by atoms with E-state index in [2.05, 4.69) is 73.6 Å². The molecule has 6 saturated heterocycles. The summed E-state index contributed by atoms with van der Waals surface area (Å²) in [6.07, 6.45) is 15.3. The van der Waals surface area contributed by atoms with Gasteiger partial charge in [-0.1, -0.05) is 216 Å². The molecular formula is C101H170N20O21S3. The number of nitrogens with one attached hydrogen (secondary N) is 10. The van der Waals surface area contributed by atoms with Crippen molar-refractivity contribution in [2.45, 2.75) is 333 Å². The van der Waals surface area contributed by atoms with Crippen molar-refractivity contribution in [3.63, 3.8) is 0 Å². The third kappa shape index (κ3) is 27.4. The normalized spacial score (nSPS) is 27.6. The van der Waals surface area contributed by atoms with Gasteiger partial charge in [-0.15, -0.1) is 6.58 Å². The lowest BCUT2D eigenvalue weighted by Gasteiger charge is -2.40. The molecule has 44 heteroatoms. The Bertz CT molecular complexity index is 5240. The van der Waals surface area contributed by atoms with Crippen LogP contribution in [0.2, 0.25) is 0 Å². The van der Waals surface area contributed by atoms with Crippen LogP contribution in [0.4, 0.5) is 14.4 Å². The fraction of sp³-hybridized carbons (Fsp3) is 0.832. The molecule has 13 fully saturated rings. The summed E-state index contributed by atoms with van der Waals surface area (Å²) in [4.78, 5) is 206. The number of carbonyl (C=O) groups is 15. The number of Topliss-reactive ketones (excluding diaryl/α,β-unsaturated/α-hetero) is 3. The average molecular weight is 2100 g/mol. The van der Waals surface area contributed by atoms with Crippen molar-refractivity contribution in [2.24, 2.45) is 114 Å². The highest BCUT2D eigenvalue weighted by Gasteiger charge is 2.73. The molecule has 3 unspecified atom stereocenters. The fourth-order valence-corrected chi connectivity index (χ4v) is 27.5. The van der Waals surface area contributed by atoms with Gasteiger partial charge in [0.15, 0.2) is 0 Å². The van der Waals surface area contributed by atoms with Crippen molar-refractivity contribution in [2.75, 3.05) is 98.4 Å². The molecule has 0 aromatic rings. The summed E-state index contributed by atoms with van der Waals surface area (Å²) in [6, 6.07) is -12.1. The first kappa shape index (κ1) is 117. The smallest absolute Gasteiger partial charge is 0.315 e. The lowest BCUT2D eigenvalue weighted by molar-refractivity contribution is -0.145. The lowest BCUT2D eigenvalue weighted by atomic mass is 9.80. The van der Waals surface area contributed by atoms with E-state index in [1.165, 1.54) is 51.5 Å². The van der Waals surface area contributed by atoms with E-state index >= 15 is 0 Å². The van der Waals surface area contributed by atoms with Crippen LogP contribution in [0.25, 0.3) is 0 Å². The van der Waals surface area contributed by atoms with Gasteiger partial charge in [-0.25, -0.2) is 22.8 Å². The number of urea groups is 3. The molecule has 41 nitrogen and oxygen atoms in total. The Labute approximate surface area is 859 Å². The SMILES string of the molecule is C=CCNC(=O)C(=O)C(CC1CC1)NC(=O)[C@@H]1[C@@H]2[C@H](CN1C(=O)[C@@H](NC(=O)N[C@H](CN1CCCS1(=O)=O)C(C)(C)C)C1CCCCC1)C2(C)C.CN1CCCN(C[C@@H](NC(=O)N[C@H](C(=O)N2C[C@H]3[C@@H]([C@H]2C(=O)NC(CC2CC2)C(=O)C(N)=O)C3(C)C)C(C)(C)C)C(C)(C)C)S1(=O)=O.CN1CCCN(C[C@@H](NC(=O)N[C@H](C(=O)N2C[C@H]3[C@@H]([C@H]2C(=O)NC(CC2CCC2)C(=O)C(N)=O)C3(C)C)C(C)(C)C)C(C)(C)C)S1(=O)=O. The number of likely N-dealkylation sites (tertiary alicyclic amines) is 3. The van der Waals surface area contributed by atoms with Crippen molar-refractivity contribution in [3.8, 4) is 0 Å². The Morgan fingerprint density at radius 1 is 0.379 bits per heavy atom. The summed E-state index contributed by atoms with van der Waals surface area (Å²) in [7, 11) is -7.63. The van der Waals surface area contributed by atoms with Crippen molar-refractivity contribution in [3.05, 3.63) is 12.7 Å². The molecule has 145 heavy (non-hydrogen) atoms. The summed E-state index contributed by atoms with van der Waals surface area (Å²) >= 11 is 0. The van der Waals surface area contributed by atoms with Gasteiger partial charge in [-0.05, 0) is 154 Å². The number of carbonyl (C=O) groups excluding carboxylic acids is 15. The standard InChI is InChI=1S/C36H58N6O7S.C33H57N7O7S.C32H55N7O7S/c1-7-16-37-32(45)30(43)25(19-22-14-15-22)38-31(44)29-27-24(36(27,5)6)20-42(29)33(46)28(23-12-9-8-10-13-23)40-34(47)39-26(35(2,3)4)21-41-17-11-18-50(41,48)49;1-31(2,3)22(18-39-15-11-14-38(9)48(39,46)47)36-30(45)37-26(32(4,5)6)29(44)40-17-20-23(33(20,7)8)24(40)28(43)35-21(25(41)27(34)42)16-19-12-10-13-19;1-30(2,3)21(17-38-14-10-13-37(9)47(38,45)46)35-29(44)36-25(31(4,5)6)28(43)39-16-19-22(32(19,7)8)23(39)27(42)34-20(15-18-11-12-18)24(40)26(33)41/h7,22-29H,1,8-21H2,2-6H3,(H,37,45)(H,38,44)(H2,39,40,47);19-24,26H,10-18H2,1-9H3,(H2,34,42)(H,35,43)(H2,36,37,45);18-23,25H,10-17H2,1-9H3,(H2,33,41)(H,34,42)(H2,35,36,44)/t24-,25?,26+,27-,28-,29-;20-,21?,22+,23-,24-,26+;19-,20?,21+,22-,23-,25+/m000/s1. The number of nitrogens with two attached hydrogens (primary N) is 2. The van der Waals surface area contributed by atoms with E-state index in [0.717, 1.165) is 77.0 Å². The minimum Gasteiger partial charge on any atom is -0.363 e. The largest absolute Gasteiger partial charge is 0.363 e. The average Bonchev–Trinajstić information content (AvgIpc) is 1.53.